The molecule has 0 bridgehead atoms. The summed E-state index contributed by atoms with van der Waals surface area (Å²) in [6, 6.07) is 0. The molecule has 0 saturated carbocycles. The van der Waals surface area contributed by atoms with Crippen molar-refractivity contribution in [1.29, 1.82) is 0 Å². The van der Waals surface area contributed by atoms with Crippen molar-refractivity contribution in [3.8, 4) is 0 Å². The van der Waals surface area contributed by atoms with E-state index in [1.54, 1.807) is 0 Å². The molecule has 0 heterocycles. The lowest BCUT2D eigenvalue weighted by atomic mass is 10.0. The summed E-state index contributed by atoms with van der Waals surface area (Å²) in [5.41, 5.74) is 0. The Labute approximate surface area is 494 Å². The first-order chi connectivity index (χ1) is 39.0. The summed E-state index contributed by atoms with van der Waals surface area (Å²) in [6.07, 6.45) is 82.4. The number of allylic oxidation sites excluding steroid dienone is 2. The molecule has 0 aromatic heterocycles. The Morgan fingerprint density at radius 1 is 0.241 bits per heavy atom. The highest BCUT2D eigenvalue weighted by atomic mass is 16.6. The van der Waals surface area contributed by atoms with Crippen LogP contribution in [0.2, 0.25) is 0 Å². The average Bonchev–Trinajstić information content (AvgIpc) is 3.45. The highest BCUT2D eigenvalue weighted by Crippen LogP contribution is 2.19. The normalized spacial score (nSPS) is 12.0. The third-order valence-electron chi connectivity index (χ3n) is 16.8. The zero-order chi connectivity index (χ0) is 57.1. The topological polar surface area (TPSA) is 78.9 Å². The smallest absolute Gasteiger partial charge is 0.306 e. The molecule has 0 fully saturated rings. The maximum Gasteiger partial charge on any atom is 0.306 e. The quantitative estimate of drug-likeness (QED) is 0.0261. The van der Waals surface area contributed by atoms with Crippen LogP contribution in [0, 0.1) is 0 Å². The second-order valence-electron chi connectivity index (χ2n) is 24.9. The molecular formula is C73H140O6. The lowest BCUT2D eigenvalue weighted by Crippen LogP contribution is -2.30. The lowest BCUT2D eigenvalue weighted by molar-refractivity contribution is -0.167. The number of carbonyl (C=O) groups excluding carboxylic acids is 3. The molecule has 468 valence electrons. The summed E-state index contributed by atoms with van der Waals surface area (Å²) in [7, 11) is 0. The van der Waals surface area contributed by atoms with Crippen molar-refractivity contribution in [2.24, 2.45) is 0 Å². The zero-order valence-electron chi connectivity index (χ0n) is 53.9. The fraction of sp³-hybridized carbons (Fsp3) is 0.932. The highest BCUT2D eigenvalue weighted by Gasteiger charge is 2.20. The molecule has 6 nitrogen and oxygen atoms in total. The SMILES string of the molecule is CCCCCCCCCC/C=C\CCCCCCCCCCCCCC(=O)OCC(COC(=O)CCCCCCCCCCCCCCCCCCCC)OC(=O)CCCCCCCCCCCCCCCCCCCCCC. The number of hydrogen-bond donors (Lipinski definition) is 0. The lowest BCUT2D eigenvalue weighted by Gasteiger charge is -2.18. The van der Waals surface area contributed by atoms with E-state index in [2.05, 4.69) is 32.9 Å². The number of esters is 3. The Morgan fingerprint density at radius 3 is 0.633 bits per heavy atom. The van der Waals surface area contributed by atoms with Crippen molar-refractivity contribution in [3.63, 3.8) is 0 Å². The molecule has 0 spiro atoms. The van der Waals surface area contributed by atoms with E-state index in [0.29, 0.717) is 19.3 Å². The van der Waals surface area contributed by atoms with Crippen LogP contribution >= 0.6 is 0 Å². The summed E-state index contributed by atoms with van der Waals surface area (Å²) in [5.74, 6) is -0.824. The van der Waals surface area contributed by atoms with Crippen LogP contribution in [0.5, 0.6) is 0 Å². The second kappa shape index (κ2) is 68.6. The molecule has 1 unspecified atom stereocenters. The van der Waals surface area contributed by atoms with Crippen LogP contribution in [0.1, 0.15) is 419 Å². The molecule has 0 saturated heterocycles. The van der Waals surface area contributed by atoms with Gasteiger partial charge < -0.3 is 14.2 Å². The van der Waals surface area contributed by atoms with Gasteiger partial charge in [0.1, 0.15) is 13.2 Å². The summed E-state index contributed by atoms with van der Waals surface area (Å²) in [4.78, 5) is 38.5. The number of unbranched alkanes of at least 4 members (excludes halogenated alkanes) is 55. The summed E-state index contributed by atoms with van der Waals surface area (Å²) in [6.45, 7) is 6.74. The predicted molar refractivity (Wildman–Crippen MR) is 344 cm³/mol. The molecule has 0 rings (SSSR count). The van der Waals surface area contributed by atoms with Gasteiger partial charge in [-0.2, -0.15) is 0 Å². The molecule has 1 atom stereocenters. The van der Waals surface area contributed by atoms with Crippen molar-refractivity contribution < 1.29 is 28.6 Å². The molecule has 0 amide bonds. The number of hydrogen-bond acceptors (Lipinski definition) is 6. The van der Waals surface area contributed by atoms with Gasteiger partial charge in [-0.05, 0) is 44.9 Å². The van der Waals surface area contributed by atoms with Crippen molar-refractivity contribution in [2.75, 3.05) is 13.2 Å². The van der Waals surface area contributed by atoms with E-state index < -0.39 is 6.10 Å². The molecular weight excluding hydrogens is 973 g/mol. The summed E-state index contributed by atoms with van der Waals surface area (Å²) >= 11 is 0. The Hall–Kier alpha value is -1.85. The van der Waals surface area contributed by atoms with Crippen LogP contribution in [0.25, 0.3) is 0 Å². The minimum absolute atomic E-state index is 0.0626. The number of carbonyl (C=O) groups is 3. The van der Waals surface area contributed by atoms with Gasteiger partial charge in [-0.3, -0.25) is 14.4 Å². The van der Waals surface area contributed by atoms with Crippen LogP contribution in [0.3, 0.4) is 0 Å². The van der Waals surface area contributed by atoms with Crippen LogP contribution < -0.4 is 0 Å². The number of ether oxygens (including phenoxy) is 3. The van der Waals surface area contributed by atoms with E-state index in [1.165, 1.54) is 321 Å². The van der Waals surface area contributed by atoms with E-state index in [4.69, 9.17) is 14.2 Å². The fourth-order valence-electron chi connectivity index (χ4n) is 11.3. The van der Waals surface area contributed by atoms with Gasteiger partial charge in [0.2, 0.25) is 0 Å². The predicted octanol–water partition coefficient (Wildman–Crippen LogP) is 24.8. The van der Waals surface area contributed by atoms with E-state index in [9.17, 15) is 14.4 Å². The van der Waals surface area contributed by atoms with Crippen LogP contribution in [-0.2, 0) is 28.6 Å². The standard InChI is InChI=1S/C73H140O6/c1-4-7-10-13-16-19-22-25-28-31-34-36-37-38-40-42-45-48-51-54-57-60-63-66-72(75)78-69-70(68-77-71(74)65-62-59-56-53-50-47-44-41-33-30-27-24-21-18-15-12-9-6-3)79-73(76)67-64-61-58-55-52-49-46-43-39-35-32-29-26-23-20-17-14-11-8-5-2/h31,34,70H,4-30,32-33,35-69H2,1-3H3/b34-31-. The summed E-state index contributed by atoms with van der Waals surface area (Å²) < 4.78 is 17.0. The monoisotopic (exact) mass is 1110 g/mol. The van der Waals surface area contributed by atoms with Crippen molar-refractivity contribution >= 4 is 17.9 Å². The van der Waals surface area contributed by atoms with Gasteiger partial charge in [-0.15, -0.1) is 0 Å². The van der Waals surface area contributed by atoms with Gasteiger partial charge in [-0.25, -0.2) is 0 Å². The molecule has 0 aliphatic carbocycles. The van der Waals surface area contributed by atoms with E-state index >= 15 is 0 Å². The van der Waals surface area contributed by atoms with Crippen LogP contribution in [-0.4, -0.2) is 37.2 Å². The van der Waals surface area contributed by atoms with Gasteiger partial charge in [-0.1, -0.05) is 367 Å². The van der Waals surface area contributed by atoms with E-state index in [0.717, 1.165) is 57.8 Å². The maximum atomic E-state index is 13.0. The zero-order valence-corrected chi connectivity index (χ0v) is 53.9. The van der Waals surface area contributed by atoms with Gasteiger partial charge in [0.25, 0.3) is 0 Å². The minimum atomic E-state index is -0.767. The van der Waals surface area contributed by atoms with Crippen LogP contribution in [0.4, 0.5) is 0 Å². The largest absolute Gasteiger partial charge is 0.462 e. The van der Waals surface area contributed by atoms with Crippen LogP contribution in [0.15, 0.2) is 12.2 Å². The Kier molecular flexibility index (Phi) is 67.0. The average molecular weight is 1110 g/mol. The van der Waals surface area contributed by atoms with Gasteiger partial charge in [0.15, 0.2) is 6.10 Å². The molecule has 79 heavy (non-hydrogen) atoms. The first kappa shape index (κ1) is 77.2. The highest BCUT2D eigenvalue weighted by molar-refractivity contribution is 5.71. The van der Waals surface area contributed by atoms with E-state index in [-0.39, 0.29) is 31.1 Å². The van der Waals surface area contributed by atoms with Crippen molar-refractivity contribution in [3.05, 3.63) is 12.2 Å². The Morgan fingerprint density at radius 2 is 0.418 bits per heavy atom. The van der Waals surface area contributed by atoms with Crippen molar-refractivity contribution in [1.82, 2.24) is 0 Å². The van der Waals surface area contributed by atoms with Crippen molar-refractivity contribution in [2.45, 2.75) is 425 Å². The fourth-order valence-corrected chi connectivity index (χ4v) is 11.3. The molecule has 0 aliphatic rings. The molecule has 0 N–H and O–H groups in total. The first-order valence-corrected chi connectivity index (χ1v) is 36.2. The van der Waals surface area contributed by atoms with E-state index in [1.807, 2.05) is 0 Å². The number of rotatable bonds is 68. The molecule has 0 aromatic rings. The van der Waals surface area contributed by atoms with Gasteiger partial charge >= 0.3 is 17.9 Å². The third kappa shape index (κ3) is 66.8. The van der Waals surface area contributed by atoms with Gasteiger partial charge in [0, 0.05) is 19.3 Å². The molecule has 0 aliphatic heterocycles. The minimum Gasteiger partial charge on any atom is -0.462 e. The van der Waals surface area contributed by atoms with Gasteiger partial charge in [0.05, 0.1) is 0 Å². The third-order valence-corrected chi connectivity index (χ3v) is 16.8. The second-order valence-corrected chi connectivity index (χ2v) is 24.9. The maximum absolute atomic E-state index is 13.0. The Balaban J connectivity index is 4.27. The molecule has 0 radical (unpaired) electrons. The molecule has 6 heteroatoms. The summed E-state index contributed by atoms with van der Waals surface area (Å²) in [5, 5.41) is 0. The molecule has 0 aromatic carbocycles. The Bertz CT molecular complexity index is 1230. The first-order valence-electron chi connectivity index (χ1n) is 36.2.